The second kappa shape index (κ2) is 33.3. The Bertz CT molecular complexity index is 1250. The quantitative estimate of drug-likeness (QED) is 0.233. The van der Waals surface area contributed by atoms with Gasteiger partial charge in [-0.25, -0.2) is 0 Å². The molecule has 7 aliphatic rings. The van der Waals surface area contributed by atoms with E-state index in [1.165, 1.54) is 257 Å². The molecular weight excluding hydrogens is 853 g/mol. The summed E-state index contributed by atoms with van der Waals surface area (Å²) in [4.78, 5) is 0. The molecule has 0 heterocycles. The molecule has 0 nitrogen and oxygen atoms in total. The van der Waals surface area contributed by atoms with Gasteiger partial charge < -0.3 is 0 Å². The van der Waals surface area contributed by atoms with Crippen LogP contribution in [0.1, 0.15) is 395 Å². The van der Waals surface area contributed by atoms with Crippen LogP contribution in [0.25, 0.3) is 0 Å². The van der Waals surface area contributed by atoms with Gasteiger partial charge >= 0.3 is 0 Å². The summed E-state index contributed by atoms with van der Waals surface area (Å²) in [5.41, 5.74) is 5.79. The van der Waals surface area contributed by atoms with Gasteiger partial charge in [0.15, 0.2) is 0 Å². The van der Waals surface area contributed by atoms with Crippen LogP contribution in [-0.2, 0) is 0 Å². The van der Waals surface area contributed by atoms with Gasteiger partial charge in [-0.15, -0.1) is 0 Å². The molecule has 7 rings (SSSR count). The van der Waals surface area contributed by atoms with Gasteiger partial charge in [-0.05, 0) is 157 Å². The van der Waals surface area contributed by atoms with Crippen molar-refractivity contribution in [3.63, 3.8) is 0 Å². The highest BCUT2D eigenvalue weighted by Crippen LogP contribution is 2.51. The van der Waals surface area contributed by atoms with Crippen LogP contribution in [0.4, 0.5) is 0 Å². The van der Waals surface area contributed by atoms with Gasteiger partial charge in [0.05, 0.1) is 0 Å². The minimum absolute atomic E-state index is 0.507. The summed E-state index contributed by atoms with van der Waals surface area (Å²) in [5, 5.41) is 0. The van der Waals surface area contributed by atoms with Crippen LogP contribution < -0.4 is 0 Å². The summed E-state index contributed by atoms with van der Waals surface area (Å²) >= 11 is 0. The Morgan fingerprint density at radius 3 is 0.690 bits per heavy atom. The third-order valence-electron chi connectivity index (χ3n) is 22.9. The van der Waals surface area contributed by atoms with E-state index in [1.807, 2.05) is 0 Å². The Kier molecular flexibility index (Phi) is 32.4. The zero-order valence-corrected chi connectivity index (χ0v) is 53.9. The predicted molar refractivity (Wildman–Crippen MR) is 327 cm³/mol. The summed E-state index contributed by atoms with van der Waals surface area (Å²) in [6.45, 7) is 47.9. The maximum Gasteiger partial charge on any atom is -0.0277 e. The summed E-state index contributed by atoms with van der Waals surface area (Å²) in [7, 11) is 0. The fourth-order valence-corrected chi connectivity index (χ4v) is 14.1. The maximum absolute atomic E-state index is 2.47. The lowest BCUT2D eigenvalue weighted by atomic mass is 9.61. The van der Waals surface area contributed by atoms with Gasteiger partial charge in [0.1, 0.15) is 0 Å². The second-order valence-electron chi connectivity index (χ2n) is 31.6. The Balaban J connectivity index is 0.000000414. The molecule has 0 heteroatoms. The molecule has 0 unspecified atom stereocenters. The van der Waals surface area contributed by atoms with E-state index in [2.05, 4.69) is 138 Å². The van der Waals surface area contributed by atoms with Crippen LogP contribution in [0.5, 0.6) is 0 Å². The third kappa shape index (κ3) is 27.2. The predicted octanol–water partition coefficient (Wildman–Crippen LogP) is 26.1. The first-order valence-electron chi connectivity index (χ1n) is 33.0. The van der Waals surface area contributed by atoms with Gasteiger partial charge in [0, 0.05) is 0 Å². The lowest BCUT2D eigenvalue weighted by Crippen LogP contribution is -2.34. The highest BCUT2D eigenvalue weighted by atomic mass is 14.4. The fourth-order valence-electron chi connectivity index (χ4n) is 14.1. The molecule has 0 aromatic rings. The van der Waals surface area contributed by atoms with Crippen molar-refractivity contribution in [2.75, 3.05) is 0 Å². The van der Waals surface area contributed by atoms with Crippen molar-refractivity contribution in [1.29, 1.82) is 0 Å². The summed E-state index contributed by atoms with van der Waals surface area (Å²) in [6, 6.07) is 0. The van der Waals surface area contributed by atoms with Crippen molar-refractivity contribution in [2.45, 2.75) is 395 Å². The molecule has 0 aliphatic heterocycles. The molecule has 0 spiro atoms. The van der Waals surface area contributed by atoms with E-state index in [4.69, 9.17) is 0 Å². The van der Waals surface area contributed by atoms with Crippen molar-refractivity contribution in [1.82, 2.24) is 0 Å². The first-order chi connectivity index (χ1) is 33.0. The smallest absolute Gasteiger partial charge is 0.0277 e. The van der Waals surface area contributed by atoms with Gasteiger partial charge in [-0.2, -0.15) is 0 Å². The van der Waals surface area contributed by atoms with E-state index in [0.717, 1.165) is 17.3 Å². The molecule has 7 aliphatic carbocycles. The molecule has 0 aromatic carbocycles. The highest BCUT2D eigenvalue weighted by Gasteiger charge is 2.40. The standard InChI is InChI=1S/2C11H22.4C10H20.C9H18/c1-10(2,3)11(4)8-6-5-7-9-11;1-3-11(2)9-7-5-4-6-8-10-11;1-9(2,3)10(4)7-5-6-8-10;1-9(2)8-10(3)6-4-5-7-10;1-9(2)10(3)7-5-4-6-8-10;1-3-10(2)8-6-4-5-7-9-10;1-3-9(2)7-5-4-6-8-9/h5-9H2,1-4H3;3-10H2,1-2H3;5-8H2,1-4H3;2*9H,4-8H2,1-3H3;3-9H2,1-2H3;3-8H2,1-2H3. The molecule has 0 amide bonds. The average Bonchev–Trinajstić information content (AvgIpc) is 3.89. The SMILES string of the molecule is CC(C)(C)C1(C)CCCC1.CC(C)(C)C1(C)CCCCC1.CC(C)C1(C)CCCCC1.CC(C)CC1(C)CCCC1.CCC1(C)CCCCC1.CCC1(C)CCCCCC1.CCC1(C)CCCCCCC1. The van der Waals surface area contributed by atoms with E-state index in [9.17, 15) is 0 Å². The van der Waals surface area contributed by atoms with Crippen LogP contribution in [0.15, 0.2) is 0 Å². The average molecular weight is 996 g/mol. The molecule has 0 atom stereocenters. The van der Waals surface area contributed by atoms with Crippen LogP contribution in [0, 0.1) is 60.6 Å². The molecule has 426 valence electrons. The Labute approximate surface area is 453 Å². The van der Waals surface area contributed by atoms with Crippen molar-refractivity contribution >= 4 is 0 Å². The second-order valence-corrected chi connectivity index (χ2v) is 31.6. The molecule has 7 saturated carbocycles. The largest absolute Gasteiger partial charge is 0.0649 e. The van der Waals surface area contributed by atoms with Crippen molar-refractivity contribution in [3.8, 4) is 0 Å². The lowest BCUT2D eigenvalue weighted by Gasteiger charge is -2.45. The molecule has 0 aromatic heterocycles. The van der Waals surface area contributed by atoms with Crippen molar-refractivity contribution in [3.05, 3.63) is 0 Å². The van der Waals surface area contributed by atoms with Gasteiger partial charge in [0.25, 0.3) is 0 Å². The summed E-state index contributed by atoms with van der Waals surface area (Å²) in [5.74, 6) is 1.77. The topological polar surface area (TPSA) is 0 Å². The minimum atomic E-state index is 0.507. The molecule has 0 N–H and O–H groups in total. The van der Waals surface area contributed by atoms with Gasteiger partial charge in [-0.1, -0.05) is 299 Å². The van der Waals surface area contributed by atoms with E-state index in [1.54, 1.807) is 0 Å². The Morgan fingerprint density at radius 2 is 0.479 bits per heavy atom. The molecule has 0 saturated heterocycles. The maximum atomic E-state index is 2.47. The van der Waals surface area contributed by atoms with Crippen LogP contribution in [-0.4, -0.2) is 0 Å². The first-order valence-corrected chi connectivity index (χ1v) is 33.0. The van der Waals surface area contributed by atoms with E-state index in [0.29, 0.717) is 43.3 Å². The summed E-state index contributed by atoms with van der Waals surface area (Å²) in [6.07, 6.45) is 58.5. The van der Waals surface area contributed by atoms with Crippen LogP contribution in [0.3, 0.4) is 0 Å². The summed E-state index contributed by atoms with van der Waals surface area (Å²) < 4.78 is 0. The molecule has 71 heavy (non-hydrogen) atoms. The van der Waals surface area contributed by atoms with Gasteiger partial charge in [-0.3, -0.25) is 0 Å². The van der Waals surface area contributed by atoms with E-state index in [-0.39, 0.29) is 0 Å². The highest BCUT2D eigenvalue weighted by molar-refractivity contribution is 4.91. The zero-order chi connectivity index (χ0) is 53.9. The Morgan fingerprint density at radius 1 is 0.282 bits per heavy atom. The lowest BCUT2D eigenvalue weighted by molar-refractivity contribution is 0.0601. The van der Waals surface area contributed by atoms with Crippen molar-refractivity contribution < 1.29 is 0 Å². The van der Waals surface area contributed by atoms with E-state index < -0.39 is 0 Å². The van der Waals surface area contributed by atoms with Gasteiger partial charge in [0.2, 0.25) is 0 Å². The van der Waals surface area contributed by atoms with E-state index >= 15 is 0 Å². The van der Waals surface area contributed by atoms with Crippen LogP contribution in [0.2, 0.25) is 0 Å². The molecule has 0 radical (unpaired) electrons. The monoisotopic (exact) mass is 995 g/mol. The van der Waals surface area contributed by atoms with Crippen molar-refractivity contribution in [2.24, 2.45) is 60.6 Å². The first kappa shape index (κ1) is 69.0. The number of rotatable bonds is 6. The minimum Gasteiger partial charge on any atom is -0.0649 e. The Hall–Kier alpha value is 0. The molecular formula is C71H142. The number of hydrogen-bond acceptors (Lipinski definition) is 0. The fraction of sp³-hybridized carbons (Fsp3) is 1.00. The molecule has 7 fully saturated rings. The molecule has 0 bridgehead atoms. The number of hydrogen-bond donors (Lipinski definition) is 0. The zero-order valence-electron chi connectivity index (χ0n) is 53.9. The normalized spacial score (nSPS) is 25.3. The third-order valence-corrected chi connectivity index (χ3v) is 22.9. The van der Waals surface area contributed by atoms with Crippen LogP contribution >= 0.6 is 0 Å².